The molecule has 2 aromatic carbocycles. The van der Waals surface area contributed by atoms with Crippen LogP contribution in [0.2, 0.25) is 10.0 Å². The van der Waals surface area contributed by atoms with Crippen LogP contribution >= 0.6 is 39.1 Å². The van der Waals surface area contributed by atoms with E-state index in [1.54, 1.807) is 34.1 Å². The minimum Gasteiger partial charge on any atom is -0.451 e. The van der Waals surface area contributed by atoms with E-state index < -0.39 is 0 Å². The van der Waals surface area contributed by atoms with Crippen molar-refractivity contribution in [3.63, 3.8) is 0 Å². The van der Waals surface area contributed by atoms with Crippen LogP contribution in [0.4, 0.5) is 5.69 Å². The first-order valence-corrected chi connectivity index (χ1v) is 13.1. The normalized spacial score (nSPS) is 17.1. The van der Waals surface area contributed by atoms with E-state index in [1.807, 2.05) is 12.1 Å². The molecule has 0 aliphatic carbocycles. The van der Waals surface area contributed by atoms with E-state index in [1.165, 1.54) is 0 Å². The number of hydrogen-bond acceptors (Lipinski definition) is 5. The minimum absolute atomic E-state index is 0.125. The quantitative estimate of drug-likeness (QED) is 0.419. The number of benzene rings is 2. The molecular formula is C25H24BrCl2N3O4. The van der Waals surface area contributed by atoms with Crippen LogP contribution in [0.25, 0.3) is 11.0 Å². The molecule has 2 fully saturated rings. The van der Waals surface area contributed by atoms with Gasteiger partial charge in [-0.25, -0.2) is 0 Å². The lowest BCUT2D eigenvalue weighted by molar-refractivity contribution is 0.0284. The zero-order valence-corrected chi connectivity index (χ0v) is 22.0. The lowest BCUT2D eigenvalue weighted by Crippen LogP contribution is -2.40. The van der Waals surface area contributed by atoms with E-state index in [-0.39, 0.29) is 11.8 Å². The van der Waals surface area contributed by atoms with Gasteiger partial charge in [0, 0.05) is 44.7 Å². The number of nitrogens with zero attached hydrogens (tertiary/aromatic N) is 3. The highest BCUT2D eigenvalue weighted by Crippen LogP contribution is 2.36. The van der Waals surface area contributed by atoms with Gasteiger partial charge in [0.15, 0.2) is 5.76 Å². The van der Waals surface area contributed by atoms with Gasteiger partial charge in [-0.2, -0.15) is 0 Å². The maximum absolute atomic E-state index is 13.1. The molecule has 0 bridgehead atoms. The molecular weight excluding hydrogens is 557 g/mol. The summed E-state index contributed by atoms with van der Waals surface area (Å²) in [4.78, 5) is 31.8. The van der Waals surface area contributed by atoms with E-state index in [2.05, 4.69) is 20.8 Å². The third-order valence-electron chi connectivity index (χ3n) is 6.42. The average molecular weight is 581 g/mol. The van der Waals surface area contributed by atoms with Crippen molar-refractivity contribution < 1.29 is 18.7 Å². The first kappa shape index (κ1) is 24.4. The second-order valence-electron chi connectivity index (χ2n) is 8.56. The third kappa shape index (κ3) is 4.89. The van der Waals surface area contributed by atoms with E-state index in [0.29, 0.717) is 72.9 Å². The molecule has 0 unspecified atom stereocenters. The molecule has 0 saturated carbocycles. The second-order valence-corrected chi connectivity index (χ2v) is 10.2. The van der Waals surface area contributed by atoms with E-state index in [9.17, 15) is 9.59 Å². The molecule has 0 spiro atoms. The highest BCUT2D eigenvalue weighted by Gasteiger charge is 2.26. The zero-order chi connectivity index (χ0) is 24.5. The standard InChI is InChI=1S/C25H24BrCl2N3O4/c26-23-16-15-21(24(32)31-11-13-34-14-12-31)35-20(16)6-5-19(23)29-7-2-8-30(10-9-29)25(33)22-17(27)3-1-4-18(22)28/h1,3-6,15H,2,7-14H2. The van der Waals surface area contributed by atoms with Gasteiger partial charge >= 0.3 is 0 Å². The van der Waals surface area contributed by atoms with Gasteiger partial charge in [-0.15, -0.1) is 0 Å². The summed E-state index contributed by atoms with van der Waals surface area (Å²) in [5, 5.41) is 1.57. The van der Waals surface area contributed by atoms with Crippen LogP contribution in [0.15, 0.2) is 45.3 Å². The molecule has 0 radical (unpaired) electrons. The Labute approximate surface area is 221 Å². The summed E-state index contributed by atoms with van der Waals surface area (Å²) >= 11 is 16.3. The fourth-order valence-corrected chi connectivity index (χ4v) is 5.81. The van der Waals surface area contributed by atoms with Crippen molar-refractivity contribution in [2.24, 2.45) is 0 Å². The summed E-state index contributed by atoms with van der Waals surface area (Å²) in [5.74, 6) is 0.0437. The Balaban J connectivity index is 1.34. The van der Waals surface area contributed by atoms with Crippen molar-refractivity contribution in [3.8, 4) is 0 Å². The van der Waals surface area contributed by atoms with E-state index in [0.717, 1.165) is 28.5 Å². The minimum atomic E-state index is -0.155. The highest BCUT2D eigenvalue weighted by atomic mass is 79.9. The SMILES string of the molecule is O=C(c1cc2c(Br)c(N3CCCN(C(=O)c4c(Cl)cccc4Cl)CC3)ccc2o1)N1CCOCC1. The van der Waals surface area contributed by atoms with Gasteiger partial charge in [0.1, 0.15) is 5.58 Å². The topological polar surface area (TPSA) is 66.2 Å². The fraction of sp³-hybridized carbons (Fsp3) is 0.360. The molecule has 1 aromatic heterocycles. The van der Waals surface area contributed by atoms with Gasteiger partial charge < -0.3 is 23.9 Å². The van der Waals surface area contributed by atoms with Crippen molar-refractivity contribution in [1.82, 2.24) is 9.80 Å². The molecule has 2 amide bonds. The summed E-state index contributed by atoms with van der Waals surface area (Å²) in [5.41, 5.74) is 1.99. The summed E-state index contributed by atoms with van der Waals surface area (Å²) in [7, 11) is 0. The van der Waals surface area contributed by atoms with Crippen molar-refractivity contribution >= 4 is 67.6 Å². The van der Waals surface area contributed by atoms with Crippen molar-refractivity contribution in [1.29, 1.82) is 0 Å². The lowest BCUT2D eigenvalue weighted by Gasteiger charge is -2.25. The lowest BCUT2D eigenvalue weighted by atomic mass is 10.2. The van der Waals surface area contributed by atoms with E-state index >= 15 is 0 Å². The van der Waals surface area contributed by atoms with E-state index in [4.69, 9.17) is 32.4 Å². The Morgan fingerprint density at radius 2 is 1.57 bits per heavy atom. The number of carbonyl (C=O) groups is 2. The fourth-order valence-electron chi connectivity index (χ4n) is 4.56. The van der Waals surface area contributed by atoms with Crippen molar-refractivity contribution in [2.45, 2.75) is 6.42 Å². The molecule has 7 nitrogen and oxygen atoms in total. The maximum atomic E-state index is 13.1. The summed E-state index contributed by atoms with van der Waals surface area (Å²) in [6.07, 6.45) is 0.796. The monoisotopic (exact) mass is 579 g/mol. The summed E-state index contributed by atoms with van der Waals surface area (Å²) in [6.45, 7) is 4.78. The number of rotatable bonds is 3. The average Bonchev–Trinajstić information content (AvgIpc) is 3.16. The first-order valence-electron chi connectivity index (χ1n) is 11.5. The second kappa shape index (κ2) is 10.4. The number of hydrogen-bond donors (Lipinski definition) is 0. The molecule has 3 aromatic rings. The Bertz CT molecular complexity index is 1250. The first-order chi connectivity index (χ1) is 16.9. The Morgan fingerprint density at radius 1 is 0.857 bits per heavy atom. The molecule has 35 heavy (non-hydrogen) atoms. The van der Waals surface area contributed by atoms with Gasteiger partial charge in [0.25, 0.3) is 11.8 Å². The number of morpholine rings is 1. The number of fused-ring (bicyclic) bond motifs is 1. The van der Waals surface area contributed by atoms with Gasteiger partial charge in [-0.1, -0.05) is 29.3 Å². The van der Waals surface area contributed by atoms with Crippen LogP contribution < -0.4 is 4.90 Å². The molecule has 5 rings (SSSR count). The Hall–Kier alpha value is -2.26. The third-order valence-corrected chi connectivity index (χ3v) is 7.89. The molecule has 0 atom stereocenters. The summed E-state index contributed by atoms with van der Waals surface area (Å²) < 4.78 is 12.1. The predicted molar refractivity (Wildman–Crippen MR) is 140 cm³/mol. The molecule has 2 aliphatic heterocycles. The molecule has 2 aliphatic rings. The number of anilines is 1. The number of amides is 2. The molecule has 184 valence electrons. The van der Waals surface area contributed by atoms with Gasteiger partial charge in [0.05, 0.1) is 39.0 Å². The molecule has 2 saturated heterocycles. The molecule has 0 N–H and O–H groups in total. The van der Waals surface area contributed by atoms with Crippen LogP contribution in [0.1, 0.15) is 27.3 Å². The maximum Gasteiger partial charge on any atom is 0.289 e. The van der Waals surface area contributed by atoms with Gasteiger partial charge in [0.2, 0.25) is 0 Å². The predicted octanol–water partition coefficient (Wildman–Crippen LogP) is 5.33. The van der Waals surface area contributed by atoms with Crippen LogP contribution in [0, 0.1) is 0 Å². The summed E-state index contributed by atoms with van der Waals surface area (Å²) in [6, 6.07) is 10.8. The zero-order valence-electron chi connectivity index (χ0n) is 18.9. The Morgan fingerprint density at radius 3 is 2.31 bits per heavy atom. The number of carbonyl (C=O) groups excluding carboxylic acids is 2. The van der Waals surface area contributed by atoms with Crippen molar-refractivity contribution in [2.75, 3.05) is 57.4 Å². The van der Waals surface area contributed by atoms with Crippen LogP contribution in [-0.4, -0.2) is 74.1 Å². The largest absolute Gasteiger partial charge is 0.451 e. The number of furan rings is 1. The van der Waals surface area contributed by atoms with Crippen LogP contribution in [0.3, 0.4) is 0 Å². The smallest absolute Gasteiger partial charge is 0.289 e. The number of halogens is 3. The molecule has 10 heteroatoms. The highest BCUT2D eigenvalue weighted by molar-refractivity contribution is 9.10. The Kier molecular flexibility index (Phi) is 7.25. The van der Waals surface area contributed by atoms with Crippen LogP contribution in [0.5, 0.6) is 0 Å². The molecule has 3 heterocycles. The van der Waals surface area contributed by atoms with Gasteiger partial charge in [-0.05, 0) is 52.7 Å². The van der Waals surface area contributed by atoms with Gasteiger partial charge in [-0.3, -0.25) is 9.59 Å². The number of ether oxygens (including phenoxy) is 1. The van der Waals surface area contributed by atoms with Crippen molar-refractivity contribution in [3.05, 3.63) is 62.2 Å². The van der Waals surface area contributed by atoms with Crippen LogP contribution in [-0.2, 0) is 4.74 Å².